The van der Waals surface area contributed by atoms with Crippen LogP contribution in [0.15, 0.2) is 36.4 Å². The Balaban J connectivity index is 2.16. The first-order valence-electron chi connectivity index (χ1n) is 8.38. The van der Waals surface area contributed by atoms with Gasteiger partial charge in [0.15, 0.2) is 0 Å². The predicted octanol–water partition coefficient (Wildman–Crippen LogP) is 4.54. The molecule has 0 radical (unpaired) electrons. The second-order valence-corrected chi connectivity index (χ2v) is 6.06. The highest BCUT2D eigenvalue weighted by molar-refractivity contribution is 5.47. The minimum Gasteiger partial charge on any atom is -0.399 e. The van der Waals surface area contributed by atoms with E-state index < -0.39 is 0 Å². The van der Waals surface area contributed by atoms with Crippen LogP contribution in [0, 0.1) is 0 Å². The van der Waals surface area contributed by atoms with Gasteiger partial charge in [-0.15, -0.1) is 0 Å². The topological polar surface area (TPSA) is 52.0 Å². The molecule has 0 fully saturated rings. The van der Waals surface area contributed by atoms with Gasteiger partial charge in [-0.25, -0.2) is 0 Å². The summed E-state index contributed by atoms with van der Waals surface area (Å²) in [5, 5.41) is 0. The predicted molar refractivity (Wildman–Crippen MR) is 97.1 cm³/mol. The van der Waals surface area contributed by atoms with E-state index in [1.807, 2.05) is 12.1 Å². The van der Waals surface area contributed by atoms with Crippen LogP contribution in [0.5, 0.6) is 0 Å². The average molecular weight is 296 g/mol. The molecule has 0 heterocycles. The van der Waals surface area contributed by atoms with Gasteiger partial charge in [-0.3, -0.25) is 0 Å². The van der Waals surface area contributed by atoms with Crippen molar-refractivity contribution in [3.8, 4) is 0 Å². The summed E-state index contributed by atoms with van der Waals surface area (Å²) in [6, 6.07) is 12.7. The Kier molecular flexibility index (Phi) is 5.88. The van der Waals surface area contributed by atoms with E-state index in [-0.39, 0.29) is 0 Å². The lowest BCUT2D eigenvalue weighted by molar-refractivity contribution is 0.854. The number of benzene rings is 2. The normalized spacial score (nSPS) is 10.8. The molecule has 0 amide bonds. The van der Waals surface area contributed by atoms with Crippen molar-refractivity contribution < 1.29 is 0 Å². The molecule has 118 valence electrons. The van der Waals surface area contributed by atoms with Crippen molar-refractivity contribution in [1.29, 1.82) is 0 Å². The second kappa shape index (κ2) is 7.88. The summed E-state index contributed by atoms with van der Waals surface area (Å²) in [4.78, 5) is 0. The third kappa shape index (κ3) is 4.27. The van der Waals surface area contributed by atoms with Gasteiger partial charge in [0.25, 0.3) is 0 Å². The lowest BCUT2D eigenvalue weighted by Gasteiger charge is -2.13. The average Bonchev–Trinajstić information content (AvgIpc) is 2.49. The van der Waals surface area contributed by atoms with Gasteiger partial charge in [0.1, 0.15) is 0 Å². The van der Waals surface area contributed by atoms with E-state index in [2.05, 4.69) is 38.1 Å². The minimum absolute atomic E-state index is 0.867. The molecule has 0 spiro atoms. The van der Waals surface area contributed by atoms with E-state index in [1.165, 1.54) is 22.3 Å². The van der Waals surface area contributed by atoms with E-state index in [4.69, 9.17) is 11.5 Å². The first-order chi connectivity index (χ1) is 10.6. The van der Waals surface area contributed by atoms with E-state index in [0.717, 1.165) is 49.9 Å². The zero-order valence-corrected chi connectivity index (χ0v) is 13.9. The molecule has 0 saturated carbocycles. The quantitative estimate of drug-likeness (QED) is 0.737. The number of nitrogen functional groups attached to an aromatic ring is 2. The van der Waals surface area contributed by atoms with Gasteiger partial charge >= 0.3 is 0 Å². The highest BCUT2D eigenvalue weighted by Crippen LogP contribution is 2.21. The summed E-state index contributed by atoms with van der Waals surface area (Å²) in [5.41, 5.74) is 19.2. The molecule has 22 heavy (non-hydrogen) atoms. The van der Waals surface area contributed by atoms with Crippen molar-refractivity contribution in [2.24, 2.45) is 0 Å². The van der Waals surface area contributed by atoms with Gasteiger partial charge < -0.3 is 11.5 Å². The van der Waals surface area contributed by atoms with Crippen LogP contribution in [0.1, 0.15) is 48.9 Å². The lowest BCUT2D eigenvalue weighted by Crippen LogP contribution is -2.02. The van der Waals surface area contributed by atoms with Crippen molar-refractivity contribution >= 4 is 11.4 Å². The van der Waals surface area contributed by atoms with E-state index in [0.29, 0.717) is 0 Å². The zero-order valence-electron chi connectivity index (χ0n) is 13.9. The highest BCUT2D eigenvalue weighted by Gasteiger charge is 2.07. The minimum atomic E-state index is 0.867. The van der Waals surface area contributed by atoms with Crippen LogP contribution >= 0.6 is 0 Å². The molecule has 0 aliphatic carbocycles. The van der Waals surface area contributed by atoms with Crippen LogP contribution < -0.4 is 11.5 Å². The maximum atomic E-state index is 5.93. The van der Waals surface area contributed by atoms with Crippen LogP contribution in [0.3, 0.4) is 0 Å². The van der Waals surface area contributed by atoms with Crippen LogP contribution in [0.2, 0.25) is 0 Å². The summed E-state index contributed by atoms with van der Waals surface area (Å²) in [6.07, 6.45) is 6.64. The van der Waals surface area contributed by atoms with Crippen LogP contribution in [-0.4, -0.2) is 0 Å². The molecule has 4 N–H and O–H groups in total. The SMILES string of the molecule is CCCc1cc(N)ccc1CCc1ccc(N)cc1CCC. The van der Waals surface area contributed by atoms with Crippen molar-refractivity contribution in [2.75, 3.05) is 11.5 Å². The molecule has 0 aliphatic heterocycles. The molecule has 2 rings (SSSR count). The summed E-state index contributed by atoms with van der Waals surface area (Å²) >= 11 is 0. The fourth-order valence-corrected chi connectivity index (χ4v) is 3.05. The van der Waals surface area contributed by atoms with Gasteiger partial charge in [0, 0.05) is 11.4 Å². The molecule has 0 unspecified atom stereocenters. The number of anilines is 2. The van der Waals surface area contributed by atoms with Crippen LogP contribution in [0.25, 0.3) is 0 Å². The van der Waals surface area contributed by atoms with E-state index >= 15 is 0 Å². The Morgan fingerprint density at radius 1 is 0.591 bits per heavy atom. The van der Waals surface area contributed by atoms with Crippen molar-refractivity contribution in [1.82, 2.24) is 0 Å². The number of aryl methyl sites for hydroxylation is 4. The molecule has 2 heteroatoms. The number of hydrogen-bond donors (Lipinski definition) is 2. The zero-order chi connectivity index (χ0) is 15.9. The molecule has 0 saturated heterocycles. The Bertz CT molecular complexity index is 562. The molecule has 2 aromatic carbocycles. The van der Waals surface area contributed by atoms with Crippen molar-refractivity contribution in [2.45, 2.75) is 52.4 Å². The summed E-state index contributed by atoms with van der Waals surface area (Å²) in [6.45, 7) is 4.43. The standard InChI is InChI=1S/C20H28N2/c1-3-5-17-13-19(21)11-9-15(17)7-8-16-10-12-20(22)14-18(16)6-4-2/h9-14H,3-8,21-22H2,1-2H3. The summed E-state index contributed by atoms with van der Waals surface area (Å²) in [7, 11) is 0. The Labute approximate surface area is 134 Å². The number of hydrogen-bond acceptors (Lipinski definition) is 2. The molecule has 2 nitrogen and oxygen atoms in total. The fourth-order valence-electron chi connectivity index (χ4n) is 3.05. The Hall–Kier alpha value is -1.96. The van der Waals surface area contributed by atoms with Crippen LogP contribution in [0.4, 0.5) is 11.4 Å². The van der Waals surface area contributed by atoms with E-state index in [1.54, 1.807) is 0 Å². The summed E-state index contributed by atoms with van der Waals surface area (Å²) in [5.74, 6) is 0. The third-order valence-electron chi connectivity index (χ3n) is 4.16. The molecule has 0 bridgehead atoms. The van der Waals surface area contributed by atoms with Gasteiger partial charge in [-0.1, -0.05) is 38.8 Å². The van der Waals surface area contributed by atoms with Gasteiger partial charge in [-0.2, -0.15) is 0 Å². The first kappa shape index (κ1) is 16.4. The van der Waals surface area contributed by atoms with E-state index in [9.17, 15) is 0 Å². The lowest BCUT2D eigenvalue weighted by atomic mass is 9.93. The fraction of sp³-hybridized carbons (Fsp3) is 0.400. The first-order valence-corrected chi connectivity index (χ1v) is 8.38. The van der Waals surface area contributed by atoms with Crippen LogP contribution in [-0.2, 0) is 25.7 Å². The van der Waals surface area contributed by atoms with Gasteiger partial charge in [-0.05, 0) is 72.2 Å². The Morgan fingerprint density at radius 3 is 1.36 bits per heavy atom. The molecular formula is C20H28N2. The number of rotatable bonds is 7. The smallest absolute Gasteiger partial charge is 0.0316 e. The second-order valence-electron chi connectivity index (χ2n) is 6.06. The third-order valence-corrected chi connectivity index (χ3v) is 4.16. The Morgan fingerprint density at radius 2 is 1.00 bits per heavy atom. The number of nitrogens with two attached hydrogens (primary N) is 2. The molecule has 0 aliphatic rings. The molecule has 0 aromatic heterocycles. The van der Waals surface area contributed by atoms with Gasteiger partial charge in [0.2, 0.25) is 0 Å². The summed E-state index contributed by atoms with van der Waals surface area (Å²) < 4.78 is 0. The molecular weight excluding hydrogens is 268 g/mol. The molecule has 2 aromatic rings. The maximum Gasteiger partial charge on any atom is 0.0316 e. The monoisotopic (exact) mass is 296 g/mol. The highest BCUT2D eigenvalue weighted by atomic mass is 14.5. The maximum absolute atomic E-state index is 5.93. The van der Waals surface area contributed by atoms with Crippen molar-refractivity contribution in [3.63, 3.8) is 0 Å². The largest absolute Gasteiger partial charge is 0.399 e. The van der Waals surface area contributed by atoms with Crippen molar-refractivity contribution in [3.05, 3.63) is 58.7 Å². The molecule has 0 atom stereocenters. The van der Waals surface area contributed by atoms with Gasteiger partial charge in [0.05, 0.1) is 0 Å².